The van der Waals surface area contributed by atoms with Crippen molar-refractivity contribution >= 4 is 11.9 Å². The summed E-state index contributed by atoms with van der Waals surface area (Å²) >= 11 is 0. The van der Waals surface area contributed by atoms with Gasteiger partial charge in [-0.25, -0.2) is 9.59 Å². The number of carbonyl (C=O) groups excluding carboxylic acids is 2. The highest BCUT2D eigenvalue weighted by Gasteiger charge is 2.32. The van der Waals surface area contributed by atoms with Crippen LogP contribution in [0.25, 0.3) is 22.5 Å². The Balaban J connectivity index is 1.58. The number of aromatic amines is 1. The van der Waals surface area contributed by atoms with E-state index in [0.717, 1.165) is 11.1 Å². The molecule has 1 heterocycles. The molecule has 0 spiro atoms. The fraction of sp³-hybridized carbons (Fsp3) is 0.211. The highest BCUT2D eigenvalue weighted by molar-refractivity contribution is 6.12. The summed E-state index contributed by atoms with van der Waals surface area (Å²) < 4.78 is 34.3. The SMILES string of the molecule is CCOC(=O)c1c(-c2ccc(OCc3ccccc3)c(OC)c2)[nH]c(-c2ccc(OCc3ccccc3)c(OC)c2)c1C(=O)OCC. The first kappa shape index (κ1) is 32.7. The summed E-state index contributed by atoms with van der Waals surface area (Å²) in [5.41, 5.74) is 3.96. The Bertz CT molecular complexity index is 1680. The van der Waals surface area contributed by atoms with Crippen LogP contribution in [0.1, 0.15) is 45.7 Å². The Morgan fingerprint density at radius 2 is 0.957 bits per heavy atom. The van der Waals surface area contributed by atoms with Gasteiger partial charge in [0.1, 0.15) is 24.3 Å². The van der Waals surface area contributed by atoms with E-state index in [-0.39, 0.29) is 24.3 Å². The van der Waals surface area contributed by atoms with Crippen molar-refractivity contribution in [1.29, 1.82) is 0 Å². The van der Waals surface area contributed by atoms with Crippen LogP contribution < -0.4 is 18.9 Å². The number of carbonyl (C=O) groups is 2. The number of nitrogens with one attached hydrogen (secondary N) is 1. The molecule has 47 heavy (non-hydrogen) atoms. The van der Waals surface area contributed by atoms with E-state index in [2.05, 4.69) is 4.98 Å². The van der Waals surface area contributed by atoms with Gasteiger partial charge in [-0.3, -0.25) is 0 Å². The minimum atomic E-state index is -0.675. The molecule has 9 heteroatoms. The van der Waals surface area contributed by atoms with E-state index in [1.807, 2.05) is 60.7 Å². The first-order valence-corrected chi connectivity index (χ1v) is 15.3. The van der Waals surface area contributed by atoms with E-state index in [0.29, 0.717) is 58.7 Å². The predicted molar refractivity (Wildman–Crippen MR) is 178 cm³/mol. The largest absolute Gasteiger partial charge is 0.493 e. The maximum absolute atomic E-state index is 13.5. The van der Waals surface area contributed by atoms with Crippen LogP contribution in [0.2, 0.25) is 0 Å². The molecule has 0 aliphatic carbocycles. The van der Waals surface area contributed by atoms with Crippen molar-refractivity contribution in [2.45, 2.75) is 27.1 Å². The summed E-state index contributed by atoms with van der Waals surface area (Å²) in [6, 6.07) is 30.2. The number of esters is 2. The molecule has 0 unspecified atom stereocenters. The van der Waals surface area contributed by atoms with Gasteiger partial charge >= 0.3 is 11.9 Å². The molecule has 0 bridgehead atoms. The summed E-state index contributed by atoms with van der Waals surface area (Å²) in [5, 5.41) is 0. The van der Waals surface area contributed by atoms with E-state index < -0.39 is 11.9 Å². The van der Waals surface area contributed by atoms with Crippen molar-refractivity contribution in [2.75, 3.05) is 27.4 Å². The molecule has 0 radical (unpaired) electrons. The molecule has 1 N–H and O–H groups in total. The smallest absolute Gasteiger partial charge is 0.341 e. The second kappa shape index (κ2) is 15.5. The first-order valence-electron chi connectivity index (χ1n) is 15.3. The van der Waals surface area contributed by atoms with Gasteiger partial charge < -0.3 is 33.4 Å². The number of methoxy groups -OCH3 is 2. The van der Waals surface area contributed by atoms with Crippen molar-refractivity contribution in [2.24, 2.45) is 0 Å². The molecule has 0 atom stereocenters. The topological polar surface area (TPSA) is 105 Å². The Morgan fingerprint density at radius 3 is 1.32 bits per heavy atom. The lowest BCUT2D eigenvalue weighted by atomic mass is 10.0. The lowest BCUT2D eigenvalue weighted by Gasteiger charge is -2.13. The summed E-state index contributed by atoms with van der Waals surface area (Å²) in [5.74, 6) is 0.585. The van der Waals surface area contributed by atoms with Crippen LogP contribution in [-0.4, -0.2) is 44.4 Å². The highest BCUT2D eigenvalue weighted by Crippen LogP contribution is 2.41. The third-order valence-electron chi connectivity index (χ3n) is 7.34. The number of ether oxygens (including phenoxy) is 6. The molecular weight excluding hydrogens is 598 g/mol. The molecule has 5 rings (SSSR count). The van der Waals surface area contributed by atoms with Gasteiger partial charge in [-0.2, -0.15) is 0 Å². The number of H-pyrrole nitrogens is 1. The molecule has 0 saturated carbocycles. The van der Waals surface area contributed by atoms with Gasteiger partial charge in [0.2, 0.25) is 0 Å². The molecule has 242 valence electrons. The maximum atomic E-state index is 13.5. The lowest BCUT2D eigenvalue weighted by Crippen LogP contribution is -2.14. The number of hydrogen-bond donors (Lipinski definition) is 1. The van der Waals surface area contributed by atoms with Crippen LogP contribution in [0, 0.1) is 0 Å². The quantitative estimate of drug-likeness (QED) is 0.123. The predicted octanol–water partition coefficient (Wildman–Crippen LogP) is 7.88. The van der Waals surface area contributed by atoms with Crippen LogP contribution in [0.5, 0.6) is 23.0 Å². The Labute approximate surface area is 274 Å². The zero-order chi connectivity index (χ0) is 33.2. The van der Waals surface area contributed by atoms with Crippen LogP contribution >= 0.6 is 0 Å². The van der Waals surface area contributed by atoms with E-state index in [1.54, 1.807) is 64.5 Å². The number of hydrogen-bond acceptors (Lipinski definition) is 8. The van der Waals surface area contributed by atoms with Crippen molar-refractivity contribution in [1.82, 2.24) is 4.98 Å². The minimum Gasteiger partial charge on any atom is -0.493 e. The molecule has 9 nitrogen and oxygen atoms in total. The van der Waals surface area contributed by atoms with Crippen molar-refractivity contribution in [3.63, 3.8) is 0 Å². The number of aromatic nitrogens is 1. The summed E-state index contributed by atoms with van der Waals surface area (Å²) in [7, 11) is 3.08. The molecule has 5 aromatic rings. The molecule has 0 saturated heterocycles. The van der Waals surface area contributed by atoms with Gasteiger partial charge in [0.15, 0.2) is 23.0 Å². The van der Waals surface area contributed by atoms with Gasteiger partial charge in [-0.05, 0) is 61.4 Å². The van der Waals surface area contributed by atoms with Crippen LogP contribution in [0.3, 0.4) is 0 Å². The Kier molecular flexibility index (Phi) is 10.8. The average Bonchev–Trinajstić information content (AvgIpc) is 3.52. The lowest BCUT2D eigenvalue weighted by molar-refractivity contribution is 0.0481. The van der Waals surface area contributed by atoms with Gasteiger partial charge in [0, 0.05) is 11.1 Å². The van der Waals surface area contributed by atoms with Gasteiger partial charge in [0.05, 0.1) is 38.8 Å². The molecule has 0 aliphatic rings. The second-order valence-electron chi connectivity index (χ2n) is 10.3. The van der Waals surface area contributed by atoms with Crippen LogP contribution in [-0.2, 0) is 22.7 Å². The van der Waals surface area contributed by atoms with Crippen LogP contribution in [0.4, 0.5) is 0 Å². The standard InChI is InChI=1S/C38H37NO8/c1-5-44-37(40)33-34(38(41)45-6-2)36(28-18-20-30(32(22-28)43-4)47-24-26-15-11-8-12-16-26)39-35(33)27-17-19-29(31(21-27)42-3)46-23-25-13-9-7-10-14-25/h7-22,39H,5-6,23-24H2,1-4H3. The molecule has 0 amide bonds. The maximum Gasteiger partial charge on any atom is 0.341 e. The van der Waals surface area contributed by atoms with Gasteiger partial charge in [-0.15, -0.1) is 0 Å². The van der Waals surface area contributed by atoms with Gasteiger partial charge in [-0.1, -0.05) is 60.7 Å². The van der Waals surface area contributed by atoms with E-state index >= 15 is 0 Å². The summed E-state index contributed by atoms with van der Waals surface area (Å²) in [4.78, 5) is 30.4. The van der Waals surface area contributed by atoms with E-state index in [1.165, 1.54) is 0 Å². The number of rotatable bonds is 14. The third kappa shape index (κ3) is 7.58. The zero-order valence-electron chi connectivity index (χ0n) is 26.8. The zero-order valence-corrected chi connectivity index (χ0v) is 26.8. The average molecular weight is 636 g/mol. The molecule has 0 fully saturated rings. The number of benzene rings is 4. The summed E-state index contributed by atoms with van der Waals surface area (Å²) in [6.45, 7) is 4.32. The first-order chi connectivity index (χ1) is 23.0. The molecule has 0 aliphatic heterocycles. The normalized spacial score (nSPS) is 10.6. The Hall–Kier alpha value is -5.70. The minimum absolute atomic E-state index is 0.0451. The van der Waals surface area contributed by atoms with E-state index in [9.17, 15) is 9.59 Å². The Morgan fingerprint density at radius 1 is 0.553 bits per heavy atom. The highest BCUT2D eigenvalue weighted by atomic mass is 16.5. The van der Waals surface area contributed by atoms with Crippen molar-refractivity contribution in [3.05, 3.63) is 119 Å². The monoisotopic (exact) mass is 635 g/mol. The van der Waals surface area contributed by atoms with Crippen molar-refractivity contribution in [3.8, 4) is 45.5 Å². The third-order valence-corrected chi connectivity index (χ3v) is 7.34. The summed E-state index contributed by atoms with van der Waals surface area (Å²) in [6.07, 6.45) is 0. The van der Waals surface area contributed by atoms with Crippen molar-refractivity contribution < 1.29 is 38.0 Å². The van der Waals surface area contributed by atoms with Crippen LogP contribution in [0.15, 0.2) is 97.1 Å². The van der Waals surface area contributed by atoms with E-state index in [4.69, 9.17) is 28.4 Å². The molecular formula is C38H37NO8. The second-order valence-corrected chi connectivity index (χ2v) is 10.3. The molecule has 1 aromatic heterocycles. The molecule has 4 aromatic carbocycles. The fourth-order valence-corrected chi connectivity index (χ4v) is 5.10. The fourth-order valence-electron chi connectivity index (χ4n) is 5.10. The van der Waals surface area contributed by atoms with Gasteiger partial charge in [0.25, 0.3) is 0 Å².